The molecule has 3 saturated carbocycles. The number of amides is 1. The van der Waals surface area contributed by atoms with E-state index >= 15 is 4.39 Å². The lowest BCUT2D eigenvalue weighted by Gasteiger charge is -2.62. The Hall–Kier alpha value is -3.38. The van der Waals surface area contributed by atoms with Gasteiger partial charge in [-0.15, -0.1) is 0 Å². The van der Waals surface area contributed by atoms with Gasteiger partial charge in [-0.2, -0.15) is 4.31 Å². The van der Waals surface area contributed by atoms with E-state index in [2.05, 4.69) is 48.0 Å². The highest BCUT2D eigenvalue weighted by atomic mass is 32.2. The molecule has 1 saturated heterocycles. The van der Waals surface area contributed by atoms with Crippen molar-refractivity contribution in [1.29, 1.82) is 0 Å². The molecule has 0 spiro atoms. The van der Waals surface area contributed by atoms with E-state index in [0.29, 0.717) is 37.3 Å². The fraction of sp³-hybridized carbons (Fsp3) is 0.537. The maximum absolute atomic E-state index is 15.4. The Bertz CT molecular complexity index is 1840. The van der Waals surface area contributed by atoms with Gasteiger partial charge >= 0.3 is 0 Å². The van der Waals surface area contributed by atoms with E-state index in [0.717, 1.165) is 29.2 Å². The topological polar surface area (TPSA) is 82.2 Å². The Morgan fingerprint density at radius 1 is 1.00 bits per heavy atom. The van der Waals surface area contributed by atoms with Crippen molar-refractivity contribution in [3.05, 3.63) is 101 Å². The molecular weight excluding hydrogens is 683 g/mol. The Kier molecular flexibility index (Phi) is 11.5. The standard InChI is InChI=1S/C41H54F2N4O4S/c1-27-34-21-31(41(34,2)3)22-36(27)44-40(48)37-17-18-52(49,50)47(37)24-30-14-10-13-29(19-30)23-46(26-33-38(51-6)16-15-35(42)39(33)43)32(25-45(4)5)20-28-11-8-7-9-12-28/h7-16,19,27,31-32,34,36-37H,17-18,20-26H2,1-6H3,(H,44,48)/t27-,31+,32-,34-,36-,37?/m0/s1. The molecule has 1 heterocycles. The van der Waals surface area contributed by atoms with Gasteiger partial charge < -0.3 is 15.0 Å². The molecule has 0 aromatic heterocycles. The van der Waals surface area contributed by atoms with Crippen molar-refractivity contribution >= 4 is 15.9 Å². The second-order valence-corrected chi connectivity index (χ2v) is 18.2. The van der Waals surface area contributed by atoms with Crippen molar-refractivity contribution in [2.75, 3.05) is 33.5 Å². The number of hydrogen-bond acceptors (Lipinski definition) is 6. The molecule has 2 bridgehead atoms. The number of carbonyl (C=O) groups is 1. The number of benzene rings is 3. The number of nitrogens with zero attached hydrogens (tertiary/aromatic N) is 3. The summed E-state index contributed by atoms with van der Waals surface area (Å²) in [6.45, 7) is 8.05. The number of ether oxygens (including phenoxy) is 1. The third-order valence-corrected chi connectivity index (χ3v) is 14.0. The molecule has 1 N–H and O–H groups in total. The zero-order valence-corrected chi connectivity index (χ0v) is 32.1. The average molecular weight is 737 g/mol. The Morgan fingerprint density at radius 3 is 2.38 bits per heavy atom. The highest BCUT2D eigenvalue weighted by Gasteiger charge is 2.56. The highest BCUT2D eigenvalue weighted by molar-refractivity contribution is 7.89. The summed E-state index contributed by atoms with van der Waals surface area (Å²) in [5, 5.41) is 3.27. The fourth-order valence-electron chi connectivity index (χ4n) is 9.09. The van der Waals surface area contributed by atoms with Crippen molar-refractivity contribution in [3.8, 4) is 5.75 Å². The first-order valence-electron chi connectivity index (χ1n) is 18.5. The number of likely N-dealkylation sites (N-methyl/N-ethyl adjacent to an activating group) is 1. The lowest BCUT2D eigenvalue weighted by atomic mass is 9.45. The number of carbonyl (C=O) groups excluding carboxylic acids is 1. The van der Waals surface area contributed by atoms with Crippen LogP contribution in [0.5, 0.6) is 5.75 Å². The van der Waals surface area contributed by atoms with Gasteiger partial charge in [0.1, 0.15) is 11.8 Å². The zero-order chi connectivity index (χ0) is 37.4. The van der Waals surface area contributed by atoms with Gasteiger partial charge in [0.05, 0.1) is 12.9 Å². The molecule has 4 fully saturated rings. The molecule has 11 heteroatoms. The fourth-order valence-corrected chi connectivity index (χ4v) is 10.8. The number of sulfonamides is 1. The maximum atomic E-state index is 15.4. The van der Waals surface area contributed by atoms with E-state index in [1.165, 1.54) is 23.9 Å². The summed E-state index contributed by atoms with van der Waals surface area (Å²) in [7, 11) is 1.78. The van der Waals surface area contributed by atoms with Crippen molar-refractivity contribution < 1.29 is 26.7 Å². The van der Waals surface area contributed by atoms with Crippen molar-refractivity contribution in [2.24, 2.45) is 23.2 Å². The van der Waals surface area contributed by atoms with Gasteiger partial charge in [0.15, 0.2) is 11.6 Å². The van der Waals surface area contributed by atoms with E-state index in [1.54, 1.807) is 0 Å². The molecular formula is C41H54F2N4O4S. The van der Waals surface area contributed by atoms with E-state index in [9.17, 15) is 17.6 Å². The van der Waals surface area contributed by atoms with Gasteiger partial charge in [0.25, 0.3) is 0 Å². The minimum Gasteiger partial charge on any atom is -0.496 e. The van der Waals surface area contributed by atoms with Crippen LogP contribution in [0.15, 0.2) is 66.7 Å². The molecule has 1 aliphatic heterocycles. The second kappa shape index (κ2) is 15.5. The minimum absolute atomic E-state index is 0.0521. The third-order valence-electron chi connectivity index (χ3n) is 12.2. The molecule has 1 unspecified atom stereocenters. The number of rotatable bonds is 14. The first-order chi connectivity index (χ1) is 24.7. The van der Waals surface area contributed by atoms with Crippen LogP contribution in [-0.4, -0.2) is 80.1 Å². The summed E-state index contributed by atoms with van der Waals surface area (Å²) >= 11 is 0. The summed E-state index contributed by atoms with van der Waals surface area (Å²) in [5.41, 5.74) is 3.19. The minimum atomic E-state index is -3.64. The molecule has 1 amide bonds. The lowest BCUT2D eigenvalue weighted by Crippen LogP contribution is -2.61. The van der Waals surface area contributed by atoms with Crippen LogP contribution in [0.4, 0.5) is 8.78 Å². The lowest BCUT2D eigenvalue weighted by molar-refractivity contribution is -0.136. The van der Waals surface area contributed by atoms with E-state index in [4.69, 9.17) is 4.74 Å². The predicted molar refractivity (Wildman–Crippen MR) is 200 cm³/mol. The molecule has 8 nitrogen and oxygen atoms in total. The van der Waals surface area contributed by atoms with Crippen LogP contribution < -0.4 is 10.1 Å². The van der Waals surface area contributed by atoms with Crippen LogP contribution in [0.25, 0.3) is 0 Å². The van der Waals surface area contributed by atoms with Crippen molar-refractivity contribution in [3.63, 3.8) is 0 Å². The summed E-state index contributed by atoms with van der Waals surface area (Å²) in [6, 6.07) is 19.5. The molecule has 3 aromatic carbocycles. The molecule has 3 aromatic rings. The first-order valence-corrected chi connectivity index (χ1v) is 20.1. The second-order valence-electron chi connectivity index (χ2n) is 16.1. The van der Waals surface area contributed by atoms with Crippen LogP contribution in [0, 0.1) is 34.8 Å². The smallest absolute Gasteiger partial charge is 0.238 e. The molecule has 7 rings (SSSR count). The first kappa shape index (κ1) is 38.3. The average Bonchev–Trinajstić information content (AvgIpc) is 3.40. The van der Waals surface area contributed by atoms with Crippen LogP contribution in [0.1, 0.15) is 62.3 Å². The van der Waals surface area contributed by atoms with Gasteiger partial charge in [0.2, 0.25) is 15.9 Å². The largest absolute Gasteiger partial charge is 0.496 e. The van der Waals surface area contributed by atoms with Crippen LogP contribution >= 0.6 is 0 Å². The molecule has 282 valence electrons. The predicted octanol–water partition coefficient (Wildman–Crippen LogP) is 6.24. The van der Waals surface area contributed by atoms with Gasteiger partial charge in [-0.3, -0.25) is 9.69 Å². The Labute approximate surface area is 308 Å². The molecule has 0 radical (unpaired) electrons. The zero-order valence-electron chi connectivity index (χ0n) is 31.3. The van der Waals surface area contributed by atoms with Crippen molar-refractivity contribution in [2.45, 2.75) is 84.2 Å². The Balaban J connectivity index is 1.24. The summed E-state index contributed by atoms with van der Waals surface area (Å²) in [5.74, 6) is -0.398. The van der Waals surface area contributed by atoms with Gasteiger partial charge in [-0.25, -0.2) is 17.2 Å². The van der Waals surface area contributed by atoms with E-state index in [-0.39, 0.29) is 60.0 Å². The third kappa shape index (κ3) is 8.07. The SMILES string of the molecule is COc1ccc(F)c(F)c1CN(Cc1cccc(CN2C(C(=O)N[C@H]3C[C@H]4C[C@@H]([C@@H]3C)C4(C)C)CCS2(=O)=O)c1)[C@@H](Cc1ccccc1)CN(C)C. The van der Waals surface area contributed by atoms with Crippen LogP contribution in [0.3, 0.4) is 0 Å². The van der Waals surface area contributed by atoms with Gasteiger partial charge in [0, 0.05) is 43.8 Å². The summed E-state index contributed by atoms with van der Waals surface area (Å²) < 4.78 is 63.6. The number of methoxy groups -OCH3 is 1. The van der Waals surface area contributed by atoms with E-state index < -0.39 is 27.7 Å². The van der Waals surface area contributed by atoms with Gasteiger partial charge in [-0.1, -0.05) is 75.4 Å². The summed E-state index contributed by atoms with van der Waals surface area (Å²) in [6.07, 6.45) is 3.05. The number of fused-ring (bicyclic) bond motifs is 2. The Morgan fingerprint density at radius 2 is 1.71 bits per heavy atom. The van der Waals surface area contributed by atoms with Crippen LogP contribution in [-0.2, 0) is 40.9 Å². The normalized spacial score (nSPS) is 25.5. The quantitative estimate of drug-likeness (QED) is 0.211. The molecule has 6 atom stereocenters. The molecule has 3 aliphatic carbocycles. The number of halogens is 2. The van der Waals surface area contributed by atoms with Crippen molar-refractivity contribution in [1.82, 2.24) is 19.4 Å². The number of hydrogen-bond donors (Lipinski definition) is 1. The highest BCUT2D eigenvalue weighted by Crippen LogP contribution is 2.61. The molecule has 52 heavy (non-hydrogen) atoms. The van der Waals surface area contributed by atoms with Crippen LogP contribution in [0.2, 0.25) is 0 Å². The maximum Gasteiger partial charge on any atom is 0.238 e. The summed E-state index contributed by atoms with van der Waals surface area (Å²) in [4.78, 5) is 18.0. The number of nitrogens with one attached hydrogen (secondary N) is 1. The molecule has 4 aliphatic rings. The van der Waals surface area contributed by atoms with E-state index in [1.807, 2.05) is 56.6 Å². The monoisotopic (exact) mass is 736 g/mol. The van der Waals surface area contributed by atoms with Gasteiger partial charge in [-0.05, 0) is 91.8 Å².